The molecule has 0 radical (unpaired) electrons. The smallest absolute Gasteiger partial charge is 0.264 e. The third-order valence-electron chi connectivity index (χ3n) is 3.05. The van der Waals surface area contributed by atoms with E-state index in [9.17, 15) is 14.3 Å². The highest BCUT2D eigenvalue weighted by atomic mass is 79.9. The molecule has 0 spiro atoms. The molecular formula is C16H9BrClFN2O2S. The van der Waals surface area contributed by atoms with Crippen LogP contribution in [0.4, 0.5) is 10.1 Å². The number of amidine groups is 1. The summed E-state index contributed by atoms with van der Waals surface area (Å²) in [6.07, 6.45) is 1.53. The Morgan fingerprint density at radius 1 is 1.29 bits per heavy atom. The number of phenols is 1. The van der Waals surface area contributed by atoms with Gasteiger partial charge in [0.25, 0.3) is 5.91 Å². The Hall–Kier alpha value is -1.83. The van der Waals surface area contributed by atoms with Crippen LogP contribution in [0, 0.1) is 5.82 Å². The minimum Gasteiger partial charge on any atom is -0.506 e. The maximum atomic E-state index is 12.9. The lowest BCUT2D eigenvalue weighted by Gasteiger charge is -2.03. The standard InChI is InChI=1S/C16H9BrClFN2O2S/c17-9-5-8(14(22)12(18)7-9)6-13-15(23)21-16(24-13)20-11-3-1-10(19)2-4-11/h1-7,22H,(H,20,21,23)/b13-6+. The van der Waals surface area contributed by atoms with Gasteiger partial charge < -0.3 is 10.4 Å². The van der Waals surface area contributed by atoms with E-state index in [4.69, 9.17) is 11.6 Å². The second kappa shape index (κ2) is 6.96. The van der Waals surface area contributed by atoms with Crippen molar-refractivity contribution in [2.45, 2.75) is 0 Å². The van der Waals surface area contributed by atoms with E-state index in [1.54, 1.807) is 12.1 Å². The number of benzene rings is 2. The number of aromatic hydroxyl groups is 1. The van der Waals surface area contributed by atoms with Gasteiger partial charge in [-0.1, -0.05) is 27.5 Å². The number of amides is 1. The molecule has 3 rings (SSSR count). The number of halogens is 3. The minimum atomic E-state index is -0.357. The maximum absolute atomic E-state index is 12.9. The zero-order valence-electron chi connectivity index (χ0n) is 11.9. The summed E-state index contributed by atoms with van der Waals surface area (Å²) in [5, 5.41) is 13.2. The van der Waals surface area contributed by atoms with Crippen LogP contribution in [-0.2, 0) is 4.79 Å². The molecule has 0 aliphatic carbocycles. The molecule has 4 nitrogen and oxygen atoms in total. The predicted molar refractivity (Wildman–Crippen MR) is 98.0 cm³/mol. The number of aliphatic imine (C=N–C) groups is 1. The van der Waals surface area contributed by atoms with E-state index in [1.165, 1.54) is 30.3 Å². The van der Waals surface area contributed by atoms with Crippen LogP contribution in [0.25, 0.3) is 6.08 Å². The summed E-state index contributed by atoms with van der Waals surface area (Å²) in [6, 6.07) is 8.81. The molecule has 0 aromatic heterocycles. The average Bonchev–Trinajstić information content (AvgIpc) is 2.86. The fourth-order valence-corrected chi connectivity index (χ4v) is 3.62. The lowest BCUT2D eigenvalue weighted by Crippen LogP contribution is -2.19. The summed E-state index contributed by atoms with van der Waals surface area (Å²) >= 11 is 10.3. The molecule has 0 saturated carbocycles. The Morgan fingerprint density at radius 2 is 2.00 bits per heavy atom. The first-order valence-corrected chi connectivity index (χ1v) is 8.64. The summed E-state index contributed by atoms with van der Waals surface area (Å²) in [4.78, 5) is 16.6. The maximum Gasteiger partial charge on any atom is 0.264 e. The topological polar surface area (TPSA) is 61.7 Å². The van der Waals surface area contributed by atoms with Crippen LogP contribution in [-0.4, -0.2) is 16.2 Å². The highest BCUT2D eigenvalue weighted by Crippen LogP contribution is 2.35. The van der Waals surface area contributed by atoms with Gasteiger partial charge in [0.05, 0.1) is 15.6 Å². The van der Waals surface area contributed by atoms with Crippen molar-refractivity contribution < 1.29 is 14.3 Å². The van der Waals surface area contributed by atoms with Crippen molar-refractivity contribution in [3.05, 3.63) is 62.2 Å². The molecule has 0 bridgehead atoms. The van der Waals surface area contributed by atoms with Gasteiger partial charge in [0, 0.05) is 10.0 Å². The van der Waals surface area contributed by atoms with E-state index in [-0.39, 0.29) is 22.5 Å². The van der Waals surface area contributed by atoms with Gasteiger partial charge in [0.1, 0.15) is 11.6 Å². The Labute approximate surface area is 154 Å². The third-order valence-corrected chi connectivity index (χ3v) is 4.71. The highest BCUT2D eigenvalue weighted by molar-refractivity contribution is 9.10. The predicted octanol–water partition coefficient (Wildman–Crippen LogP) is 4.84. The van der Waals surface area contributed by atoms with Crippen molar-refractivity contribution in [3.63, 3.8) is 0 Å². The molecule has 2 aromatic rings. The summed E-state index contributed by atoms with van der Waals surface area (Å²) in [5.41, 5.74) is 0.934. The molecule has 0 atom stereocenters. The van der Waals surface area contributed by atoms with Crippen molar-refractivity contribution >= 4 is 62.1 Å². The third kappa shape index (κ3) is 3.80. The molecule has 1 amide bonds. The number of carbonyl (C=O) groups is 1. The van der Waals surface area contributed by atoms with Crippen molar-refractivity contribution in [2.75, 3.05) is 0 Å². The van der Waals surface area contributed by atoms with E-state index in [0.29, 0.717) is 25.8 Å². The van der Waals surface area contributed by atoms with Gasteiger partial charge in [0.15, 0.2) is 5.17 Å². The molecule has 1 aliphatic rings. The second-order valence-electron chi connectivity index (χ2n) is 4.78. The van der Waals surface area contributed by atoms with Crippen LogP contribution in [0.3, 0.4) is 0 Å². The van der Waals surface area contributed by atoms with Crippen molar-refractivity contribution in [2.24, 2.45) is 4.99 Å². The van der Waals surface area contributed by atoms with Gasteiger partial charge in [-0.05, 0) is 54.2 Å². The first-order chi connectivity index (χ1) is 11.4. The monoisotopic (exact) mass is 426 g/mol. The molecule has 1 aliphatic heterocycles. The first kappa shape index (κ1) is 17.0. The molecule has 24 heavy (non-hydrogen) atoms. The summed E-state index contributed by atoms with van der Waals surface area (Å²) in [5.74, 6) is -0.800. The average molecular weight is 428 g/mol. The van der Waals surface area contributed by atoms with Crippen LogP contribution >= 0.6 is 39.3 Å². The minimum absolute atomic E-state index is 0.107. The number of thioether (sulfide) groups is 1. The van der Waals surface area contributed by atoms with Crippen LogP contribution in [0.15, 0.2) is 50.8 Å². The number of nitrogens with zero attached hydrogens (tertiary/aromatic N) is 1. The van der Waals surface area contributed by atoms with E-state index < -0.39 is 0 Å². The van der Waals surface area contributed by atoms with Crippen LogP contribution in [0.5, 0.6) is 5.75 Å². The van der Waals surface area contributed by atoms with Gasteiger partial charge >= 0.3 is 0 Å². The first-order valence-electron chi connectivity index (χ1n) is 6.65. The lowest BCUT2D eigenvalue weighted by molar-refractivity contribution is -0.115. The number of hydrogen-bond acceptors (Lipinski definition) is 4. The van der Waals surface area contributed by atoms with Gasteiger partial charge in [0.2, 0.25) is 0 Å². The Balaban J connectivity index is 1.89. The number of carbonyl (C=O) groups excluding carboxylic acids is 1. The fourth-order valence-electron chi connectivity index (χ4n) is 1.95. The van der Waals surface area contributed by atoms with Crippen molar-refractivity contribution in [3.8, 4) is 5.75 Å². The normalized spacial score (nSPS) is 17.5. The Bertz CT molecular complexity index is 884. The zero-order chi connectivity index (χ0) is 17.3. The molecule has 2 aromatic carbocycles. The molecule has 0 unspecified atom stereocenters. The Morgan fingerprint density at radius 3 is 2.71 bits per heavy atom. The Kier molecular flexibility index (Phi) is 4.93. The molecule has 2 N–H and O–H groups in total. The van der Waals surface area contributed by atoms with Crippen LogP contribution in [0.1, 0.15) is 5.56 Å². The van der Waals surface area contributed by atoms with E-state index in [2.05, 4.69) is 26.2 Å². The quantitative estimate of drug-likeness (QED) is 0.674. The zero-order valence-corrected chi connectivity index (χ0v) is 15.0. The summed E-state index contributed by atoms with van der Waals surface area (Å²) < 4.78 is 13.6. The van der Waals surface area contributed by atoms with Crippen molar-refractivity contribution in [1.82, 2.24) is 5.32 Å². The molecule has 8 heteroatoms. The SMILES string of the molecule is O=C1NC(=Nc2ccc(F)cc2)S/C1=C/c1cc(Br)cc(Cl)c1O. The van der Waals surface area contributed by atoms with Gasteiger partial charge in [-0.25, -0.2) is 9.38 Å². The van der Waals surface area contributed by atoms with E-state index >= 15 is 0 Å². The van der Waals surface area contributed by atoms with Gasteiger partial charge in [-0.2, -0.15) is 0 Å². The summed E-state index contributed by atoms with van der Waals surface area (Å²) in [7, 11) is 0. The summed E-state index contributed by atoms with van der Waals surface area (Å²) in [6.45, 7) is 0. The van der Waals surface area contributed by atoms with Gasteiger partial charge in [-0.3, -0.25) is 4.79 Å². The van der Waals surface area contributed by atoms with Crippen LogP contribution in [0.2, 0.25) is 5.02 Å². The largest absolute Gasteiger partial charge is 0.506 e. The fraction of sp³-hybridized carbons (Fsp3) is 0. The number of phenolic OH excluding ortho intramolecular Hbond substituents is 1. The molecule has 122 valence electrons. The van der Waals surface area contributed by atoms with E-state index in [0.717, 1.165) is 11.8 Å². The number of rotatable bonds is 2. The second-order valence-corrected chi connectivity index (χ2v) is 7.14. The highest BCUT2D eigenvalue weighted by Gasteiger charge is 2.24. The number of hydrogen-bond donors (Lipinski definition) is 2. The van der Waals surface area contributed by atoms with E-state index in [1.807, 2.05) is 0 Å². The lowest BCUT2D eigenvalue weighted by atomic mass is 10.2. The van der Waals surface area contributed by atoms with Crippen LogP contribution < -0.4 is 5.32 Å². The molecule has 1 fully saturated rings. The molecular weight excluding hydrogens is 419 g/mol. The van der Waals surface area contributed by atoms with Gasteiger partial charge in [-0.15, -0.1) is 0 Å². The molecule has 1 heterocycles. The molecule has 1 saturated heterocycles. The number of nitrogens with one attached hydrogen (secondary N) is 1. The van der Waals surface area contributed by atoms with Crippen molar-refractivity contribution in [1.29, 1.82) is 0 Å².